The number of aromatic nitrogens is 2. The first kappa shape index (κ1) is 15.0. The zero-order valence-corrected chi connectivity index (χ0v) is 12.6. The van der Waals surface area contributed by atoms with Crippen LogP contribution in [-0.4, -0.2) is 40.9 Å². The average Bonchev–Trinajstić information content (AvgIpc) is 2.47. The van der Waals surface area contributed by atoms with Gasteiger partial charge in [-0.25, -0.2) is 9.97 Å². The Morgan fingerprint density at radius 3 is 2.62 bits per heavy atom. The third kappa shape index (κ3) is 4.27. The first-order valence-electron chi connectivity index (χ1n) is 6.90. The fourth-order valence-corrected chi connectivity index (χ4v) is 2.01. The minimum atomic E-state index is -0.320. The van der Waals surface area contributed by atoms with Crippen LogP contribution in [0.3, 0.4) is 0 Å². The lowest BCUT2D eigenvalue weighted by Gasteiger charge is -2.18. The molecule has 0 spiro atoms. The predicted molar refractivity (Wildman–Crippen MR) is 83.1 cm³/mol. The van der Waals surface area contributed by atoms with Gasteiger partial charge in [0.25, 0.3) is 0 Å². The Bertz CT molecular complexity index is 598. The molecule has 21 heavy (non-hydrogen) atoms. The largest absolute Gasteiger partial charge is 0.359 e. The number of hydrogen-bond donors (Lipinski definition) is 1. The first-order chi connectivity index (χ1) is 10.1. The lowest BCUT2D eigenvalue weighted by atomic mass is 10.1. The second kappa shape index (κ2) is 6.83. The number of likely N-dealkylation sites (N-methyl/N-ethyl adjacent to an activating group) is 1. The number of nitrogens with zero attached hydrogens (tertiary/aromatic N) is 3. The van der Waals surface area contributed by atoms with Crippen molar-refractivity contribution in [2.24, 2.45) is 0 Å². The number of benzene rings is 1. The Labute approximate surface area is 125 Å². The Kier molecular flexibility index (Phi) is 4.87. The van der Waals surface area contributed by atoms with Gasteiger partial charge in [-0.1, -0.05) is 30.3 Å². The molecule has 5 heteroatoms. The topological polar surface area (TPSA) is 58.1 Å². The highest BCUT2D eigenvalue weighted by atomic mass is 16.2. The molecule has 1 atom stereocenters. The Morgan fingerprint density at radius 2 is 1.95 bits per heavy atom. The summed E-state index contributed by atoms with van der Waals surface area (Å²) in [6.07, 6.45) is 2.38. The van der Waals surface area contributed by atoms with E-state index in [2.05, 4.69) is 15.3 Å². The predicted octanol–water partition coefficient (Wildman–Crippen LogP) is 1.96. The molecule has 0 bridgehead atoms. The van der Waals surface area contributed by atoms with Crippen LogP contribution in [0.1, 0.15) is 18.3 Å². The number of carbonyl (C=O) groups is 1. The van der Waals surface area contributed by atoms with Gasteiger partial charge in [-0.15, -0.1) is 0 Å². The summed E-state index contributed by atoms with van der Waals surface area (Å²) in [5, 5.41) is 3.11. The number of rotatable bonds is 5. The quantitative estimate of drug-likeness (QED) is 0.912. The first-order valence-corrected chi connectivity index (χ1v) is 6.90. The van der Waals surface area contributed by atoms with Crippen LogP contribution < -0.4 is 5.32 Å². The average molecular weight is 284 g/mol. The number of amides is 1. The van der Waals surface area contributed by atoms with Gasteiger partial charge >= 0.3 is 0 Å². The SMILES string of the molecule is C[C@H](Nc1ccnc(Cc2ccccc2)n1)C(=O)N(C)C. The molecule has 0 unspecified atom stereocenters. The third-order valence-electron chi connectivity index (χ3n) is 3.09. The van der Waals surface area contributed by atoms with Crippen molar-refractivity contribution in [3.05, 3.63) is 54.0 Å². The molecule has 0 radical (unpaired) electrons. The van der Waals surface area contributed by atoms with Crippen molar-refractivity contribution in [3.8, 4) is 0 Å². The Hall–Kier alpha value is -2.43. The number of hydrogen-bond acceptors (Lipinski definition) is 4. The zero-order valence-electron chi connectivity index (χ0n) is 12.6. The summed E-state index contributed by atoms with van der Waals surface area (Å²) in [7, 11) is 3.47. The fraction of sp³-hybridized carbons (Fsp3) is 0.312. The zero-order chi connectivity index (χ0) is 15.2. The fourth-order valence-electron chi connectivity index (χ4n) is 2.01. The summed E-state index contributed by atoms with van der Waals surface area (Å²) in [6, 6.07) is 11.5. The smallest absolute Gasteiger partial charge is 0.244 e. The molecule has 1 amide bonds. The molecule has 0 fully saturated rings. The van der Waals surface area contributed by atoms with E-state index in [1.165, 1.54) is 0 Å². The van der Waals surface area contributed by atoms with Crippen LogP contribution in [-0.2, 0) is 11.2 Å². The molecule has 2 rings (SSSR count). The van der Waals surface area contributed by atoms with Crippen molar-refractivity contribution < 1.29 is 4.79 Å². The van der Waals surface area contributed by atoms with E-state index in [-0.39, 0.29) is 11.9 Å². The maximum absolute atomic E-state index is 11.8. The molecule has 0 aliphatic carbocycles. The highest BCUT2D eigenvalue weighted by Crippen LogP contribution is 2.09. The maximum atomic E-state index is 11.8. The normalized spacial score (nSPS) is 11.8. The van der Waals surface area contributed by atoms with Crippen molar-refractivity contribution in [2.75, 3.05) is 19.4 Å². The van der Waals surface area contributed by atoms with E-state index >= 15 is 0 Å². The molecular weight excluding hydrogens is 264 g/mol. The molecule has 1 aromatic carbocycles. The molecule has 0 aliphatic rings. The van der Waals surface area contributed by atoms with Crippen molar-refractivity contribution in [1.29, 1.82) is 0 Å². The summed E-state index contributed by atoms with van der Waals surface area (Å²) in [5.41, 5.74) is 1.16. The Balaban J connectivity index is 2.06. The van der Waals surface area contributed by atoms with Crippen LogP contribution in [0, 0.1) is 0 Å². The molecule has 1 aromatic heterocycles. The van der Waals surface area contributed by atoms with Gasteiger partial charge in [0.05, 0.1) is 0 Å². The molecule has 2 aromatic rings. The van der Waals surface area contributed by atoms with Crippen LogP contribution >= 0.6 is 0 Å². The minimum Gasteiger partial charge on any atom is -0.359 e. The van der Waals surface area contributed by atoms with Gasteiger partial charge in [0.15, 0.2) is 0 Å². The van der Waals surface area contributed by atoms with E-state index in [9.17, 15) is 4.79 Å². The van der Waals surface area contributed by atoms with Crippen LogP contribution in [0.25, 0.3) is 0 Å². The van der Waals surface area contributed by atoms with Crippen molar-refractivity contribution in [1.82, 2.24) is 14.9 Å². The molecule has 0 saturated carbocycles. The molecule has 0 saturated heterocycles. The van der Waals surface area contributed by atoms with Gasteiger partial charge in [0.1, 0.15) is 17.7 Å². The van der Waals surface area contributed by atoms with E-state index in [1.54, 1.807) is 31.3 Å². The monoisotopic (exact) mass is 284 g/mol. The van der Waals surface area contributed by atoms with Crippen LogP contribution in [0.2, 0.25) is 0 Å². The van der Waals surface area contributed by atoms with E-state index in [0.29, 0.717) is 12.2 Å². The van der Waals surface area contributed by atoms with Crippen molar-refractivity contribution >= 4 is 11.7 Å². The van der Waals surface area contributed by atoms with Gasteiger partial charge in [-0.3, -0.25) is 4.79 Å². The number of anilines is 1. The van der Waals surface area contributed by atoms with Crippen LogP contribution in [0.4, 0.5) is 5.82 Å². The minimum absolute atomic E-state index is 0.0122. The highest BCUT2D eigenvalue weighted by Gasteiger charge is 2.15. The molecule has 110 valence electrons. The van der Waals surface area contributed by atoms with Gasteiger partial charge in [-0.05, 0) is 18.6 Å². The van der Waals surface area contributed by atoms with Crippen molar-refractivity contribution in [2.45, 2.75) is 19.4 Å². The van der Waals surface area contributed by atoms with E-state index in [0.717, 1.165) is 11.4 Å². The second-order valence-electron chi connectivity index (χ2n) is 5.12. The molecular formula is C16H20N4O. The standard InChI is InChI=1S/C16H20N4O/c1-12(16(21)20(2)3)18-14-9-10-17-15(19-14)11-13-7-5-4-6-8-13/h4-10,12H,11H2,1-3H3,(H,17,18,19)/t12-/m0/s1. The lowest BCUT2D eigenvalue weighted by molar-refractivity contribution is -0.129. The van der Waals surface area contributed by atoms with Crippen molar-refractivity contribution in [3.63, 3.8) is 0 Å². The maximum Gasteiger partial charge on any atom is 0.244 e. The second-order valence-corrected chi connectivity index (χ2v) is 5.12. The number of carbonyl (C=O) groups excluding carboxylic acids is 1. The molecule has 0 aliphatic heterocycles. The number of nitrogens with one attached hydrogen (secondary N) is 1. The van der Waals surface area contributed by atoms with Gasteiger partial charge in [-0.2, -0.15) is 0 Å². The van der Waals surface area contributed by atoms with Gasteiger partial charge in [0.2, 0.25) is 5.91 Å². The van der Waals surface area contributed by atoms with E-state index < -0.39 is 0 Å². The van der Waals surface area contributed by atoms with Crippen LogP contribution in [0.5, 0.6) is 0 Å². The molecule has 5 nitrogen and oxygen atoms in total. The van der Waals surface area contributed by atoms with Crippen LogP contribution in [0.15, 0.2) is 42.6 Å². The third-order valence-corrected chi connectivity index (χ3v) is 3.09. The van der Waals surface area contributed by atoms with E-state index in [4.69, 9.17) is 0 Å². The molecule has 1 N–H and O–H groups in total. The lowest BCUT2D eigenvalue weighted by Crippen LogP contribution is -2.36. The Morgan fingerprint density at radius 1 is 1.24 bits per heavy atom. The summed E-state index contributed by atoms with van der Waals surface area (Å²) < 4.78 is 0. The summed E-state index contributed by atoms with van der Waals surface area (Å²) >= 11 is 0. The van der Waals surface area contributed by atoms with Gasteiger partial charge < -0.3 is 10.2 Å². The highest BCUT2D eigenvalue weighted by molar-refractivity contribution is 5.83. The summed E-state index contributed by atoms with van der Waals surface area (Å²) in [5.74, 6) is 1.41. The van der Waals surface area contributed by atoms with E-state index in [1.807, 2.05) is 37.3 Å². The van der Waals surface area contributed by atoms with Gasteiger partial charge in [0, 0.05) is 26.7 Å². The summed E-state index contributed by atoms with van der Waals surface area (Å²) in [4.78, 5) is 22.1. The summed E-state index contributed by atoms with van der Waals surface area (Å²) in [6.45, 7) is 1.82. The molecule has 1 heterocycles.